The number of carboxylic acid groups (broad SMARTS) is 1. The second-order valence-corrected chi connectivity index (χ2v) is 3.67. The number of rotatable bonds is 6. The van der Waals surface area contributed by atoms with Gasteiger partial charge in [-0.05, 0) is 18.6 Å². The maximum Gasteiger partial charge on any atom is 0.303 e. The Morgan fingerprint density at radius 1 is 1.32 bits per heavy atom. The van der Waals surface area contributed by atoms with Crippen molar-refractivity contribution in [3.8, 4) is 5.75 Å². The van der Waals surface area contributed by atoms with Crippen LogP contribution in [0.4, 0.5) is 5.69 Å². The Hall–Kier alpha value is -1.99. The van der Waals surface area contributed by atoms with Gasteiger partial charge < -0.3 is 15.9 Å². The topological polar surface area (TPSA) is 125 Å². The lowest BCUT2D eigenvalue weighted by atomic mass is 10.1. The lowest BCUT2D eigenvalue weighted by Gasteiger charge is -2.13. The van der Waals surface area contributed by atoms with Crippen molar-refractivity contribution < 1.29 is 19.8 Å². The van der Waals surface area contributed by atoms with Gasteiger partial charge in [-0.2, -0.15) is 0 Å². The third-order valence-corrected chi connectivity index (χ3v) is 2.23. The van der Waals surface area contributed by atoms with E-state index in [1.54, 1.807) is 18.2 Å². The molecule has 1 aromatic carbocycles. The molecule has 1 atom stereocenters. The van der Waals surface area contributed by atoms with Crippen LogP contribution in [0.5, 0.6) is 5.75 Å². The number of para-hydroxylation sites is 2. The molecule has 0 saturated carbocycles. The Morgan fingerprint density at radius 3 is 2.53 bits per heavy atom. The van der Waals surface area contributed by atoms with Crippen LogP contribution in [0.25, 0.3) is 0 Å². The minimum atomic E-state index is -1.01. The van der Waals surface area contributed by atoms with E-state index in [0.29, 0.717) is 5.69 Å². The molecule has 6 N–H and O–H groups in total. The highest BCUT2D eigenvalue weighted by molar-refractivity contribution is 5.85. The number of carbonyl (C=O) groups excluding carboxylic acids is 1. The van der Waals surface area contributed by atoms with Crippen LogP contribution in [0.3, 0.4) is 0 Å². The highest BCUT2D eigenvalue weighted by Gasteiger charge is 2.14. The molecule has 0 heterocycles. The predicted octanol–water partition coefficient (Wildman–Crippen LogP) is 0.449. The molecule has 0 aromatic heterocycles. The van der Waals surface area contributed by atoms with Gasteiger partial charge in [0.1, 0.15) is 5.75 Å². The number of hydrogen-bond acceptors (Lipinski definition) is 5. The number of carboxylic acids is 1. The summed E-state index contributed by atoms with van der Waals surface area (Å²) in [5.41, 5.74) is 10.6. The number of anilines is 1. The quantitative estimate of drug-likeness (QED) is 0.382. The molecule has 19 heavy (non-hydrogen) atoms. The summed E-state index contributed by atoms with van der Waals surface area (Å²) in [4.78, 5) is 21.8. The molecule has 0 aliphatic carbocycles. The van der Waals surface area contributed by atoms with E-state index in [-0.39, 0.29) is 31.0 Å². The Balaban J connectivity index is 0.00000324. The van der Waals surface area contributed by atoms with E-state index >= 15 is 0 Å². The van der Waals surface area contributed by atoms with Gasteiger partial charge >= 0.3 is 5.97 Å². The van der Waals surface area contributed by atoms with Gasteiger partial charge in [0.15, 0.2) is 0 Å². The van der Waals surface area contributed by atoms with Crippen molar-refractivity contribution in [2.24, 2.45) is 5.73 Å². The van der Waals surface area contributed by atoms with Gasteiger partial charge in [-0.25, -0.2) is 0 Å². The van der Waals surface area contributed by atoms with Crippen molar-refractivity contribution in [1.29, 1.82) is 0 Å². The molecule has 106 valence electrons. The Kier molecular flexibility index (Phi) is 7.32. The van der Waals surface area contributed by atoms with Gasteiger partial charge in [-0.1, -0.05) is 12.1 Å². The molecule has 7 nitrogen and oxygen atoms in total. The lowest BCUT2D eigenvalue weighted by molar-refractivity contribution is -0.137. The summed E-state index contributed by atoms with van der Waals surface area (Å²) >= 11 is 0. The zero-order valence-corrected chi connectivity index (χ0v) is 10.8. The molecule has 1 rings (SSSR count). The zero-order chi connectivity index (χ0) is 13.5. The maximum atomic E-state index is 11.5. The van der Waals surface area contributed by atoms with Crippen LogP contribution < -0.4 is 16.6 Å². The van der Waals surface area contributed by atoms with Crippen molar-refractivity contribution in [1.82, 2.24) is 5.43 Å². The molecular formula is C11H16ClN3O4. The molecule has 0 bridgehead atoms. The van der Waals surface area contributed by atoms with E-state index in [1.165, 1.54) is 6.07 Å². The molecule has 0 aliphatic rings. The average Bonchev–Trinajstić information content (AvgIpc) is 2.34. The van der Waals surface area contributed by atoms with Gasteiger partial charge in [0.05, 0.1) is 11.7 Å². The van der Waals surface area contributed by atoms with Crippen LogP contribution in [-0.2, 0) is 9.59 Å². The molecular weight excluding hydrogens is 274 g/mol. The van der Waals surface area contributed by atoms with E-state index < -0.39 is 17.9 Å². The molecule has 0 spiro atoms. The van der Waals surface area contributed by atoms with Crippen LogP contribution in [0.15, 0.2) is 24.3 Å². The van der Waals surface area contributed by atoms with Crippen LogP contribution >= 0.6 is 12.4 Å². The second-order valence-electron chi connectivity index (χ2n) is 3.67. The van der Waals surface area contributed by atoms with Gasteiger partial charge in [-0.3, -0.25) is 20.4 Å². The van der Waals surface area contributed by atoms with Crippen LogP contribution in [0.1, 0.15) is 12.8 Å². The molecule has 0 radical (unpaired) electrons. The van der Waals surface area contributed by atoms with E-state index in [2.05, 4.69) is 10.9 Å². The van der Waals surface area contributed by atoms with E-state index in [1.807, 2.05) is 0 Å². The second kappa shape index (κ2) is 8.17. The minimum absolute atomic E-state index is 0. The third kappa shape index (κ3) is 5.94. The summed E-state index contributed by atoms with van der Waals surface area (Å²) in [6.07, 6.45) is -0.130. The van der Waals surface area contributed by atoms with E-state index in [0.717, 1.165) is 0 Å². The summed E-state index contributed by atoms with van der Waals surface area (Å²) in [6.45, 7) is 0. The van der Waals surface area contributed by atoms with E-state index in [4.69, 9.17) is 10.8 Å². The molecule has 1 amide bonds. The first-order valence-corrected chi connectivity index (χ1v) is 5.32. The number of aliphatic carboxylic acids is 1. The highest BCUT2D eigenvalue weighted by Crippen LogP contribution is 2.20. The molecule has 1 unspecified atom stereocenters. The lowest BCUT2D eigenvalue weighted by Crippen LogP contribution is -2.43. The predicted molar refractivity (Wildman–Crippen MR) is 72.0 cm³/mol. The first-order valence-electron chi connectivity index (χ1n) is 5.32. The Labute approximate surface area is 116 Å². The standard InChI is InChI=1S/C11H15N3O4.ClH/c12-7(5-6-10(16)17)11(18)14-13-8-3-1-2-4-9(8)15;/h1-4,7,13,15H,5-6,12H2,(H,14,18)(H,16,17);1H. The number of phenols is 1. The maximum absolute atomic E-state index is 11.5. The summed E-state index contributed by atoms with van der Waals surface area (Å²) in [5, 5.41) is 17.9. The largest absolute Gasteiger partial charge is 0.506 e. The minimum Gasteiger partial charge on any atom is -0.506 e. The zero-order valence-electron chi connectivity index (χ0n) is 10.00. The van der Waals surface area contributed by atoms with Gasteiger partial charge in [-0.15, -0.1) is 12.4 Å². The smallest absolute Gasteiger partial charge is 0.303 e. The molecule has 0 fully saturated rings. The summed E-state index contributed by atoms with van der Waals surface area (Å²) in [5.74, 6) is -1.57. The van der Waals surface area contributed by atoms with E-state index in [9.17, 15) is 14.7 Å². The number of aromatic hydroxyl groups is 1. The van der Waals surface area contributed by atoms with Crippen molar-refractivity contribution in [2.75, 3.05) is 5.43 Å². The number of amides is 1. The number of hydrogen-bond donors (Lipinski definition) is 5. The number of nitrogens with one attached hydrogen (secondary N) is 2. The normalized spacial score (nSPS) is 11.0. The third-order valence-electron chi connectivity index (χ3n) is 2.23. The Morgan fingerprint density at radius 2 is 1.95 bits per heavy atom. The van der Waals surface area contributed by atoms with Gasteiger partial charge in [0.25, 0.3) is 5.91 Å². The molecule has 0 saturated heterocycles. The first kappa shape index (κ1) is 17.0. The van der Waals surface area contributed by atoms with Gasteiger partial charge in [0, 0.05) is 6.42 Å². The SMILES string of the molecule is Cl.NC(CCC(=O)O)C(=O)NNc1ccccc1O. The fourth-order valence-corrected chi connectivity index (χ4v) is 1.21. The van der Waals surface area contributed by atoms with Crippen molar-refractivity contribution in [3.05, 3.63) is 24.3 Å². The van der Waals surface area contributed by atoms with Crippen molar-refractivity contribution in [3.63, 3.8) is 0 Å². The molecule has 1 aromatic rings. The number of nitrogens with two attached hydrogens (primary N) is 1. The highest BCUT2D eigenvalue weighted by atomic mass is 35.5. The van der Waals surface area contributed by atoms with Crippen LogP contribution in [0.2, 0.25) is 0 Å². The molecule has 0 aliphatic heterocycles. The van der Waals surface area contributed by atoms with Crippen molar-refractivity contribution in [2.45, 2.75) is 18.9 Å². The monoisotopic (exact) mass is 289 g/mol. The summed E-state index contributed by atoms with van der Waals surface area (Å²) in [7, 11) is 0. The fourth-order valence-electron chi connectivity index (χ4n) is 1.21. The number of phenolic OH excluding ortho intramolecular Hbond substituents is 1. The molecule has 8 heteroatoms. The summed E-state index contributed by atoms with van der Waals surface area (Å²) in [6, 6.07) is 5.43. The Bertz CT molecular complexity index is 442. The number of halogens is 1. The fraction of sp³-hybridized carbons (Fsp3) is 0.273. The summed E-state index contributed by atoms with van der Waals surface area (Å²) < 4.78 is 0. The average molecular weight is 290 g/mol. The van der Waals surface area contributed by atoms with Crippen LogP contribution in [-0.4, -0.2) is 28.1 Å². The van der Waals surface area contributed by atoms with Crippen molar-refractivity contribution >= 4 is 30.0 Å². The first-order chi connectivity index (χ1) is 8.50. The van der Waals surface area contributed by atoms with Gasteiger partial charge in [0.2, 0.25) is 0 Å². The number of benzene rings is 1. The van der Waals surface area contributed by atoms with Crippen LogP contribution in [0, 0.1) is 0 Å². The number of hydrazine groups is 1. The number of carbonyl (C=O) groups is 2.